The molecule has 0 amide bonds. The summed E-state index contributed by atoms with van der Waals surface area (Å²) < 4.78 is 0. The fourth-order valence-corrected chi connectivity index (χ4v) is 1.00. The number of halogens is 1. The maximum absolute atomic E-state index is 11.1. The van der Waals surface area contributed by atoms with Gasteiger partial charge in [0.05, 0.1) is 0 Å². The van der Waals surface area contributed by atoms with E-state index in [1.54, 1.807) is 0 Å². The molecule has 13 heavy (non-hydrogen) atoms. The minimum Gasteiger partial charge on any atom is -0.480 e. The zero-order valence-electron chi connectivity index (χ0n) is 7.50. The van der Waals surface area contributed by atoms with E-state index in [2.05, 4.69) is 15.9 Å². The van der Waals surface area contributed by atoms with Gasteiger partial charge in [0.1, 0.15) is 0 Å². The van der Waals surface area contributed by atoms with E-state index >= 15 is 0 Å². The highest BCUT2D eigenvalue weighted by Crippen LogP contribution is 2.06. The molecule has 1 atom stereocenters. The summed E-state index contributed by atoms with van der Waals surface area (Å²) in [5, 5.41) is 8.47. The molecule has 0 saturated heterocycles. The van der Waals surface area contributed by atoms with E-state index < -0.39 is 10.8 Å². The van der Waals surface area contributed by atoms with E-state index in [1.807, 2.05) is 19.1 Å². The summed E-state index contributed by atoms with van der Waals surface area (Å²) in [6.45, 7) is 2.00. The van der Waals surface area contributed by atoms with Crippen LogP contribution in [0, 0.1) is 0 Å². The van der Waals surface area contributed by atoms with Crippen LogP contribution in [0.4, 0.5) is 0 Å². The fraction of sp³-hybridized carbons (Fsp3) is 0.556. The minimum atomic E-state index is -1.12. The van der Waals surface area contributed by atoms with Crippen LogP contribution >= 0.6 is 15.9 Å². The zero-order valence-corrected chi connectivity index (χ0v) is 9.08. The summed E-state index contributed by atoms with van der Waals surface area (Å²) in [4.78, 5) is 20.4. The van der Waals surface area contributed by atoms with Gasteiger partial charge in [-0.05, 0) is 12.8 Å². The lowest BCUT2D eigenvalue weighted by Gasteiger charge is -2.00. The lowest BCUT2D eigenvalue weighted by Crippen LogP contribution is -2.23. The van der Waals surface area contributed by atoms with E-state index in [0.29, 0.717) is 6.42 Å². The summed E-state index contributed by atoms with van der Waals surface area (Å²) in [5.41, 5.74) is 0. The predicted octanol–water partition coefficient (Wildman–Crippen LogP) is 2.15. The first-order valence-electron chi connectivity index (χ1n) is 4.14. The van der Waals surface area contributed by atoms with Gasteiger partial charge in [-0.1, -0.05) is 35.0 Å². The van der Waals surface area contributed by atoms with Gasteiger partial charge in [-0.2, -0.15) is 0 Å². The van der Waals surface area contributed by atoms with Gasteiger partial charge in [-0.15, -0.1) is 0 Å². The second-order valence-electron chi connectivity index (χ2n) is 2.59. The molecule has 0 saturated carbocycles. The second kappa shape index (κ2) is 6.83. The molecule has 0 spiro atoms. The van der Waals surface area contributed by atoms with Crippen molar-refractivity contribution in [2.45, 2.75) is 31.0 Å². The largest absolute Gasteiger partial charge is 0.480 e. The van der Waals surface area contributed by atoms with Crippen LogP contribution in [0.25, 0.3) is 0 Å². The molecule has 0 rings (SSSR count). The highest BCUT2D eigenvalue weighted by molar-refractivity contribution is 9.10. The monoisotopic (exact) mass is 248 g/mol. The van der Waals surface area contributed by atoms with Crippen molar-refractivity contribution in [3.8, 4) is 0 Å². The number of aliphatic carboxylic acids is 1. The number of hydrogen-bond donors (Lipinski definition) is 1. The van der Waals surface area contributed by atoms with Crippen LogP contribution in [0.3, 0.4) is 0 Å². The Labute approximate surface area is 86.0 Å². The van der Waals surface area contributed by atoms with Crippen LogP contribution in [-0.2, 0) is 9.59 Å². The average molecular weight is 249 g/mol. The number of rotatable bonds is 6. The highest BCUT2D eigenvalue weighted by atomic mass is 79.9. The molecule has 0 bridgehead atoms. The van der Waals surface area contributed by atoms with Crippen LogP contribution in [-0.4, -0.2) is 21.7 Å². The van der Waals surface area contributed by atoms with Gasteiger partial charge >= 0.3 is 5.97 Å². The molecule has 0 aromatic carbocycles. The van der Waals surface area contributed by atoms with Crippen LogP contribution in [0.5, 0.6) is 0 Å². The Morgan fingerprint density at radius 3 is 2.54 bits per heavy atom. The van der Waals surface area contributed by atoms with Gasteiger partial charge in [0.15, 0.2) is 10.6 Å². The third-order valence-corrected chi connectivity index (χ3v) is 2.36. The maximum atomic E-state index is 11.1. The molecule has 0 aliphatic heterocycles. The maximum Gasteiger partial charge on any atom is 0.324 e. The van der Waals surface area contributed by atoms with Crippen molar-refractivity contribution >= 4 is 27.7 Å². The number of ketones is 1. The lowest BCUT2D eigenvalue weighted by atomic mass is 10.1. The first-order valence-corrected chi connectivity index (χ1v) is 5.05. The highest BCUT2D eigenvalue weighted by Gasteiger charge is 2.20. The van der Waals surface area contributed by atoms with Crippen LogP contribution < -0.4 is 0 Å². The first kappa shape index (κ1) is 12.4. The molecule has 4 heteroatoms. The van der Waals surface area contributed by atoms with Crippen molar-refractivity contribution < 1.29 is 14.7 Å². The third-order valence-electron chi connectivity index (χ3n) is 1.46. The third kappa shape index (κ3) is 5.58. The van der Waals surface area contributed by atoms with Crippen molar-refractivity contribution in [3.63, 3.8) is 0 Å². The van der Waals surface area contributed by atoms with Crippen molar-refractivity contribution in [2.75, 3.05) is 0 Å². The van der Waals surface area contributed by atoms with Crippen LogP contribution in [0.15, 0.2) is 12.2 Å². The van der Waals surface area contributed by atoms with E-state index in [1.165, 1.54) is 0 Å². The number of alkyl halides is 1. The number of carboxylic acid groups (broad SMARTS) is 1. The fourth-order valence-electron chi connectivity index (χ4n) is 0.775. The van der Waals surface area contributed by atoms with E-state index in [0.717, 1.165) is 6.42 Å². The van der Waals surface area contributed by atoms with E-state index in [9.17, 15) is 9.59 Å². The Kier molecular flexibility index (Phi) is 6.49. The Hall–Kier alpha value is -0.640. The quantitative estimate of drug-likeness (QED) is 0.445. The molecular weight excluding hydrogens is 236 g/mol. The van der Waals surface area contributed by atoms with Gasteiger partial charge in [0.2, 0.25) is 0 Å². The van der Waals surface area contributed by atoms with Gasteiger partial charge < -0.3 is 5.11 Å². The molecule has 3 nitrogen and oxygen atoms in total. The topological polar surface area (TPSA) is 54.4 Å². The molecule has 74 valence electrons. The molecule has 1 unspecified atom stereocenters. The van der Waals surface area contributed by atoms with Gasteiger partial charge in [-0.25, -0.2) is 0 Å². The molecule has 1 N–H and O–H groups in total. The number of carboxylic acids is 1. The Morgan fingerprint density at radius 2 is 2.08 bits per heavy atom. The Bertz CT molecular complexity index is 211. The molecule has 0 radical (unpaired) electrons. The summed E-state index contributed by atoms with van der Waals surface area (Å²) in [6.07, 6.45) is 5.67. The summed E-state index contributed by atoms with van der Waals surface area (Å²) in [7, 11) is 0. The number of hydrogen-bond acceptors (Lipinski definition) is 2. The number of allylic oxidation sites excluding steroid dienone is 2. The molecular formula is C9H13BrO3. The van der Waals surface area contributed by atoms with Crippen molar-refractivity contribution in [1.29, 1.82) is 0 Å². The zero-order chi connectivity index (χ0) is 10.3. The predicted molar refractivity (Wildman–Crippen MR) is 54.0 cm³/mol. The number of Topliss-reactive ketones (excluding diaryl/α,β-unsaturated/α-hetero) is 1. The van der Waals surface area contributed by atoms with E-state index in [4.69, 9.17) is 5.11 Å². The SMILES string of the molecule is CCC=CCCC(=O)C(Br)C(=O)O. The first-order chi connectivity index (χ1) is 6.09. The number of carbonyl (C=O) groups is 2. The normalized spacial score (nSPS) is 13.1. The van der Waals surface area contributed by atoms with Gasteiger partial charge in [-0.3, -0.25) is 9.59 Å². The summed E-state index contributed by atoms with van der Waals surface area (Å²) >= 11 is 2.80. The van der Waals surface area contributed by atoms with E-state index in [-0.39, 0.29) is 12.2 Å². The summed E-state index contributed by atoms with van der Waals surface area (Å²) in [5.74, 6) is -1.40. The minimum absolute atomic E-state index is 0.277. The Balaban J connectivity index is 3.75. The van der Waals surface area contributed by atoms with Crippen molar-refractivity contribution in [3.05, 3.63) is 12.2 Å². The summed E-state index contributed by atoms with van der Waals surface area (Å²) in [6, 6.07) is 0. The molecule has 0 fully saturated rings. The van der Waals surface area contributed by atoms with Crippen LogP contribution in [0.1, 0.15) is 26.2 Å². The molecule has 0 aromatic rings. The average Bonchev–Trinajstić information content (AvgIpc) is 2.10. The molecule has 0 aliphatic carbocycles. The van der Waals surface area contributed by atoms with Gasteiger partial charge in [0.25, 0.3) is 0 Å². The second-order valence-corrected chi connectivity index (χ2v) is 3.50. The van der Waals surface area contributed by atoms with Crippen LogP contribution in [0.2, 0.25) is 0 Å². The smallest absolute Gasteiger partial charge is 0.324 e. The standard InChI is InChI=1S/C9H13BrO3/c1-2-3-4-5-6-7(11)8(10)9(12)13/h3-4,8H,2,5-6H2,1H3,(H,12,13). The molecule has 0 heterocycles. The number of carbonyl (C=O) groups excluding carboxylic acids is 1. The Morgan fingerprint density at radius 1 is 1.46 bits per heavy atom. The lowest BCUT2D eigenvalue weighted by molar-refractivity contribution is -0.139. The van der Waals surface area contributed by atoms with Crippen molar-refractivity contribution in [2.24, 2.45) is 0 Å². The van der Waals surface area contributed by atoms with Crippen molar-refractivity contribution in [1.82, 2.24) is 0 Å². The molecule has 0 aliphatic rings. The molecule has 0 aromatic heterocycles. The van der Waals surface area contributed by atoms with Gasteiger partial charge in [0, 0.05) is 6.42 Å².